The Morgan fingerprint density at radius 3 is 2.74 bits per heavy atom. The van der Waals surface area contributed by atoms with Gasteiger partial charge in [-0.25, -0.2) is 9.37 Å². The quantitative estimate of drug-likeness (QED) is 0.920. The molecule has 0 aromatic carbocycles. The fraction of sp³-hybridized carbons (Fsp3) is 0.429. The molecular formula is C14H16ClFN6O. The fourth-order valence-corrected chi connectivity index (χ4v) is 2.61. The van der Waals surface area contributed by atoms with E-state index in [1.54, 1.807) is 0 Å². The molecule has 3 rings (SSSR count). The van der Waals surface area contributed by atoms with Crippen molar-refractivity contribution in [1.29, 1.82) is 0 Å². The van der Waals surface area contributed by atoms with Gasteiger partial charge >= 0.3 is 0 Å². The minimum atomic E-state index is -0.579. The van der Waals surface area contributed by atoms with Crippen molar-refractivity contribution >= 4 is 29.2 Å². The van der Waals surface area contributed by atoms with E-state index in [0.717, 1.165) is 6.20 Å². The molecule has 23 heavy (non-hydrogen) atoms. The summed E-state index contributed by atoms with van der Waals surface area (Å²) in [7, 11) is 0. The van der Waals surface area contributed by atoms with Crippen LogP contribution in [0, 0.1) is 5.82 Å². The zero-order valence-corrected chi connectivity index (χ0v) is 13.5. The zero-order chi connectivity index (χ0) is 16.4. The van der Waals surface area contributed by atoms with Gasteiger partial charge in [0.1, 0.15) is 0 Å². The highest BCUT2D eigenvalue weighted by molar-refractivity contribution is 6.30. The lowest BCUT2D eigenvalue weighted by Gasteiger charge is -2.35. The number of nitrogens with one attached hydrogen (secondary N) is 1. The molecule has 0 saturated carbocycles. The first kappa shape index (κ1) is 15.8. The maximum atomic E-state index is 14.0. The standard InChI is InChI=1S/C14H16ClFN6O/c1-8-6-22(7-9(2)23-8)14-17-5-11(16)13(20-14)19-12-3-10(15)4-18-21-12/h3-5,8-9H,6-7H2,1-2H3,(H,17,19,20,21)/t8-,9+. The van der Waals surface area contributed by atoms with E-state index in [-0.39, 0.29) is 18.0 Å². The summed E-state index contributed by atoms with van der Waals surface area (Å²) in [5, 5.41) is 10.7. The van der Waals surface area contributed by atoms with Crippen LogP contribution < -0.4 is 10.2 Å². The number of hydrogen-bond acceptors (Lipinski definition) is 7. The van der Waals surface area contributed by atoms with Crippen molar-refractivity contribution in [2.75, 3.05) is 23.3 Å². The van der Waals surface area contributed by atoms with Crippen molar-refractivity contribution in [2.45, 2.75) is 26.1 Å². The predicted molar refractivity (Wildman–Crippen MR) is 84.5 cm³/mol. The van der Waals surface area contributed by atoms with Crippen molar-refractivity contribution < 1.29 is 9.13 Å². The van der Waals surface area contributed by atoms with Crippen molar-refractivity contribution in [3.63, 3.8) is 0 Å². The summed E-state index contributed by atoms with van der Waals surface area (Å²) in [6.45, 7) is 5.25. The average Bonchev–Trinajstić information content (AvgIpc) is 2.48. The van der Waals surface area contributed by atoms with E-state index in [2.05, 4.69) is 25.5 Å². The van der Waals surface area contributed by atoms with Crippen molar-refractivity contribution in [3.8, 4) is 0 Å². The van der Waals surface area contributed by atoms with Crippen molar-refractivity contribution in [2.24, 2.45) is 0 Å². The molecule has 1 N–H and O–H groups in total. The van der Waals surface area contributed by atoms with Gasteiger partial charge in [0.2, 0.25) is 5.95 Å². The van der Waals surface area contributed by atoms with Gasteiger partial charge in [0.25, 0.3) is 0 Å². The second-order valence-electron chi connectivity index (χ2n) is 5.41. The minimum Gasteiger partial charge on any atom is -0.372 e. The van der Waals surface area contributed by atoms with Crippen LogP contribution in [0.4, 0.5) is 22.0 Å². The topological polar surface area (TPSA) is 76.1 Å². The summed E-state index contributed by atoms with van der Waals surface area (Å²) in [6, 6.07) is 1.54. The first-order valence-electron chi connectivity index (χ1n) is 7.19. The Bertz CT molecular complexity index is 693. The Labute approximate surface area is 137 Å². The van der Waals surface area contributed by atoms with Crippen LogP contribution in [-0.4, -0.2) is 45.5 Å². The molecule has 0 unspecified atom stereocenters. The van der Waals surface area contributed by atoms with Gasteiger partial charge < -0.3 is 15.0 Å². The molecule has 0 amide bonds. The molecule has 122 valence electrons. The zero-order valence-electron chi connectivity index (χ0n) is 12.7. The highest BCUT2D eigenvalue weighted by atomic mass is 35.5. The molecule has 0 bridgehead atoms. The molecule has 0 aliphatic carbocycles. The Morgan fingerprint density at radius 2 is 2.04 bits per heavy atom. The van der Waals surface area contributed by atoms with Crippen molar-refractivity contribution in [3.05, 3.63) is 29.3 Å². The highest BCUT2D eigenvalue weighted by Gasteiger charge is 2.24. The molecule has 2 atom stereocenters. The van der Waals surface area contributed by atoms with Gasteiger partial charge in [0.05, 0.1) is 29.6 Å². The number of nitrogens with zero attached hydrogens (tertiary/aromatic N) is 5. The Morgan fingerprint density at radius 1 is 1.30 bits per heavy atom. The minimum absolute atomic E-state index is 0.0263. The van der Waals surface area contributed by atoms with Gasteiger partial charge in [-0.15, -0.1) is 5.10 Å². The maximum absolute atomic E-state index is 14.0. The predicted octanol–water partition coefficient (Wildman–Crippen LogP) is 2.42. The number of anilines is 3. The molecule has 0 spiro atoms. The van der Waals surface area contributed by atoms with E-state index in [4.69, 9.17) is 16.3 Å². The number of rotatable bonds is 3. The maximum Gasteiger partial charge on any atom is 0.227 e. The van der Waals surface area contributed by atoms with Crippen LogP contribution in [0.2, 0.25) is 5.02 Å². The summed E-state index contributed by atoms with van der Waals surface area (Å²) in [5.41, 5.74) is 0. The van der Waals surface area contributed by atoms with Crippen molar-refractivity contribution in [1.82, 2.24) is 20.2 Å². The van der Waals surface area contributed by atoms with Gasteiger partial charge in [-0.05, 0) is 13.8 Å². The summed E-state index contributed by atoms with van der Waals surface area (Å²) in [6.07, 6.45) is 2.64. The number of halogens is 2. The SMILES string of the molecule is C[C@@H]1CN(c2ncc(F)c(Nc3cc(Cl)cnn3)n2)C[C@H](C)O1. The molecule has 0 radical (unpaired) electrons. The third kappa shape index (κ3) is 3.83. The smallest absolute Gasteiger partial charge is 0.227 e. The first-order valence-corrected chi connectivity index (χ1v) is 7.57. The molecule has 7 nitrogen and oxygen atoms in total. The second-order valence-corrected chi connectivity index (χ2v) is 5.85. The highest BCUT2D eigenvalue weighted by Crippen LogP contribution is 2.22. The second kappa shape index (κ2) is 6.59. The lowest BCUT2D eigenvalue weighted by Crippen LogP contribution is -2.46. The van der Waals surface area contributed by atoms with Crippen LogP contribution in [0.5, 0.6) is 0 Å². The summed E-state index contributed by atoms with van der Waals surface area (Å²) in [5.74, 6) is 0.193. The van der Waals surface area contributed by atoms with Gasteiger partial charge in [-0.1, -0.05) is 11.6 Å². The lowest BCUT2D eigenvalue weighted by atomic mass is 10.2. The van der Waals surface area contributed by atoms with E-state index >= 15 is 0 Å². The molecule has 1 fully saturated rings. The molecule has 2 aromatic rings. The van der Waals surface area contributed by atoms with E-state index in [9.17, 15) is 4.39 Å². The number of ether oxygens (including phenoxy) is 1. The van der Waals surface area contributed by atoms with Crippen LogP contribution in [0.1, 0.15) is 13.8 Å². The Hall–Kier alpha value is -2.06. The normalized spacial score (nSPS) is 21.3. The number of aromatic nitrogens is 4. The monoisotopic (exact) mass is 338 g/mol. The molecule has 1 aliphatic rings. The molecule has 1 saturated heterocycles. The van der Waals surface area contributed by atoms with E-state index in [1.165, 1.54) is 12.3 Å². The largest absolute Gasteiger partial charge is 0.372 e. The number of hydrogen-bond donors (Lipinski definition) is 1. The Balaban J connectivity index is 1.84. The van der Waals surface area contributed by atoms with E-state index in [1.807, 2.05) is 18.7 Å². The third-order valence-electron chi connectivity index (χ3n) is 3.30. The van der Waals surface area contributed by atoms with Gasteiger partial charge in [-0.3, -0.25) is 0 Å². The third-order valence-corrected chi connectivity index (χ3v) is 3.51. The van der Waals surface area contributed by atoms with Crippen LogP contribution in [0.15, 0.2) is 18.5 Å². The fourth-order valence-electron chi connectivity index (χ4n) is 2.46. The molecule has 2 aromatic heterocycles. The molecule has 1 aliphatic heterocycles. The summed E-state index contributed by atoms with van der Waals surface area (Å²) >= 11 is 5.84. The molecule has 9 heteroatoms. The first-order chi connectivity index (χ1) is 11.0. The van der Waals surface area contributed by atoms with E-state index in [0.29, 0.717) is 29.9 Å². The molecular weight excluding hydrogens is 323 g/mol. The van der Waals surface area contributed by atoms with Crippen LogP contribution >= 0.6 is 11.6 Å². The van der Waals surface area contributed by atoms with Gasteiger partial charge in [0.15, 0.2) is 17.5 Å². The van der Waals surface area contributed by atoms with Gasteiger partial charge in [0, 0.05) is 19.2 Å². The average molecular weight is 339 g/mol. The summed E-state index contributed by atoms with van der Waals surface area (Å²) in [4.78, 5) is 10.3. The van der Waals surface area contributed by atoms with Crippen LogP contribution in [-0.2, 0) is 4.74 Å². The molecule has 3 heterocycles. The van der Waals surface area contributed by atoms with Crippen LogP contribution in [0.3, 0.4) is 0 Å². The lowest BCUT2D eigenvalue weighted by molar-refractivity contribution is -0.00572. The van der Waals surface area contributed by atoms with Gasteiger partial charge in [-0.2, -0.15) is 10.1 Å². The Kier molecular flexibility index (Phi) is 4.53. The summed E-state index contributed by atoms with van der Waals surface area (Å²) < 4.78 is 19.6. The van der Waals surface area contributed by atoms with E-state index < -0.39 is 5.82 Å². The number of morpholine rings is 1. The van der Waals surface area contributed by atoms with Crippen LogP contribution in [0.25, 0.3) is 0 Å².